The Kier molecular flexibility index (Phi) is 5.29. The summed E-state index contributed by atoms with van der Waals surface area (Å²) in [6.07, 6.45) is 2.82. The van der Waals surface area contributed by atoms with Crippen molar-refractivity contribution in [3.63, 3.8) is 0 Å². The Morgan fingerprint density at radius 1 is 1.52 bits per heavy atom. The molecule has 0 aliphatic carbocycles. The van der Waals surface area contributed by atoms with Crippen LogP contribution in [0.2, 0.25) is 0 Å². The second-order valence-electron chi connectivity index (χ2n) is 5.45. The molecular formula is C14H21N7OS. The van der Waals surface area contributed by atoms with Crippen molar-refractivity contribution in [3.8, 4) is 0 Å². The van der Waals surface area contributed by atoms with Crippen LogP contribution in [0.4, 0.5) is 0 Å². The molecule has 0 aromatic carbocycles. The first kappa shape index (κ1) is 16.0. The number of rotatable bonds is 7. The van der Waals surface area contributed by atoms with Crippen LogP contribution >= 0.6 is 11.8 Å². The smallest absolute Gasteiger partial charge is 0.220 e. The highest BCUT2D eigenvalue weighted by Crippen LogP contribution is 2.12. The maximum Gasteiger partial charge on any atom is 0.220 e. The molecule has 8 nitrogen and oxygen atoms in total. The molecule has 3 rings (SSSR count). The number of thioether (sulfide) groups is 1. The van der Waals surface area contributed by atoms with Gasteiger partial charge in [-0.3, -0.25) is 9.48 Å². The summed E-state index contributed by atoms with van der Waals surface area (Å²) in [5, 5.41) is 19.4. The molecule has 0 spiro atoms. The molecule has 1 aliphatic rings. The number of amides is 1. The highest BCUT2D eigenvalue weighted by molar-refractivity contribution is 7.99. The average molecular weight is 335 g/mol. The highest BCUT2D eigenvalue weighted by Gasteiger charge is 2.12. The topological polar surface area (TPSA) is 89.7 Å². The zero-order valence-corrected chi connectivity index (χ0v) is 14.0. The van der Waals surface area contributed by atoms with Crippen molar-refractivity contribution in [3.05, 3.63) is 23.8 Å². The van der Waals surface area contributed by atoms with Gasteiger partial charge in [0.2, 0.25) is 5.91 Å². The second kappa shape index (κ2) is 7.60. The van der Waals surface area contributed by atoms with E-state index in [2.05, 4.69) is 32.0 Å². The number of aryl methyl sites for hydroxylation is 2. The van der Waals surface area contributed by atoms with Crippen molar-refractivity contribution in [2.24, 2.45) is 7.05 Å². The van der Waals surface area contributed by atoms with Crippen LogP contribution in [0.5, 0.6) is 0 Å². The van der Waals surface area contributed by atoms with Crippen molar-refractivity contribution < 1.29 is 4.79 Å². The summed E-state index contributed by atoms with van der Waals surface area (Å²) in [7, 11) is 1.90. The van der Waals surface area contributed by atoms with Gasteiger partial charge >= 0.3 is 0 Å². The zero-order valence-electron chi connectivity index (χ0n) is 13.2. The molecule has 0 bridgehead atoms. The summed E-state index contributed by atoms with van der Waals surface area (Å²) in [4.78, 5) is 11.9. The summed E-state index contributed by atoms with van der Waals surface area (Å²) in [6, 6.07) is 2.09. The highest BCUT2D eigenvalue weighted by atomic mass is 32.2. The van der Waals surface area contributed by atoms with Crippen molar-refractivity contribution >= 4 is 17.7 Å². The Morgan fingerprint density at radius 2 is 2.43 bits per heavy atom. The lowest BCUT2D eigenvalue weighted by molar-refractivity contribution is -0.120. The predicted molar refractivity (Wildman–Crippen MR) is 87.0 cm³/mol. The number of fused-ring (bicyclic) bond motifs is 1. The summed E-state index contributed by atoms with van der Waals surface area (Å²) < 4.78 is 3.89. The first-order valence-electron chi connectivity index (χ1n) is 7.72. The van der Waals surface area contributed by atoms with Gasteiger partial charge in [-0.25, -0.2) is 0 Å². The molecular weight excluding hydrogens is 314 g/mol. The molecule has 0 saturated carbocycles. The number of hydrogen-bond donors (Lipinski definition) is 2. The minimum atomic E-state index is 0.0627. The maximum absolute atomic E-state index is 11.9. The summed E-state index contributed by atoms with van der Waals surface area (Å²) >= 11 is 1.58. The van der Waals surface area contributed by atoms with Gasteiger partial charge in [0.05, 0.1) is 17.9 Å². The summed E-state index contributed by atoms with van der Waals surface area (Å²) in [5.74, 6) is 0.843. The Morgan fingerprint density at radius 3 is 3.22 bits per heavy atom. The van der Waals surface area contributed by atoms with E-state index in [9.17, 15) is 4.79 Å². The second-order valence-corrected chi connectivity index (χ2v) is 6.51. The Labute approximate surface area is 139 Å². The monoisotopic (exact) mass is 335 g/mol. The maximum atomic E-state index is 11.9. The van der Waals surface area contributed by atoms with Crippen LogP contribution < -0.4 is 10.6 Å². The third kappa shape index (κ3) is 4.32. The molecule has 9 heteroatoms. The molecule has 1 amide bonds. The standard InChI is InChI=1S/C14H21N7OS/c1-20-10-17-18-14(20)23-7-5-16-13(22)3-2-11-8-12-9-15-4-6-21(12)19-11/h8,10,15H,2-7,9H2,1H3,(H,16,22). The first-order valence-corrected chi connectivity index (χ1v) is 8.71. The SMILES string of the molecule is Cn1cnnc1SCCNC(=O)CCc1cc2n(n1)CCNC2. The minimum absolute atomic E-state index is 0.0627. The zero-order chi connectivity index (χ0) is 16.1. The van der Waals surface area contributed by atoms with Gasteiger partial charge in [-0.1, -0.05) is 11.8 Å². The van der Waals surface area contributed by atoms with Crippen LogP contribution in [0.1, 0.15) is 17.8 Å². The third-order valence-electron chi connectivity index (χ3n) is 3.65. The molecule has 0 radical (unpaired) electrons. The first-order chi connectivity index (χ1) is 11.2. The minimum Gasteiger partial charge on any atom is -0.355 e. The number of carbonyl (C=O) groups is 1. The van der Waals surface area contributed by atoms with E-state index in [1.165, 1.54) is 5.69 Å². The largest absolute Gasteiger partial charge is 0.355 e. The molecule has 3 heterocycles. The number of carbonyl (C=O) groups excluding carboxylic acids is 1. The van der Waals surface area contributed by atoms with Crippen LogP contribution in [0.25, 0.3) is 0 Å². The fourth-order valence-corrected chi connectivity index (χ4v) is 3.18. The van der Waals surface area contributed by atoms with Crippen LogP contribution in [-0.2, 0) is 31.4 Å². The molecule has 0 unspecified atom stereocenters. The van der Waals surface area contributed by atoms with E-state index in [1.807, 2.05) is 16.3 Å². The van der Waals surface area contributed by atoms with Gasteiger partial charge in [-0.05, 0) is 6.07 Å². The number of aromatic nitrogens is 5. The Hall–Kier alpha value is -1.87. The lowest BCUT2D eigenvalue weighted by Gasteiger charge is -2.13. The molecule has 0 atom stereocenters. The molecule has 1 aliphatic heterocycles. The van der Waals surface area contributed by atoms with Crippen LogP contribution in [0.3, 0.4) is 0 Å². The lowest BCUT2D eigenvalue weighted by Crippen LogP contribution is -2.28. The molecule has 2 N–H and O–H groups in total. The summed E-state index contributed by atoms with van der Waals surface area (Å²) in [6.45, 7) is 3.34. The van der Waals surface area contributed by atoms with E-state index < -0.39 is 0 Å². The quantitative estimate of drug-likeness (QED) is 0.545. The van der Waals surface area contributed by atoms with Crippen LogP contribution in [0, 0.1) is 0 Å². The molecule has 124 valence electrons. The van der Waals surface area contributed by atoms with Gasteiger partial charge in [-0.15, -0.1) is 10.2 Å². The fraction of sp³-hybridized carbons (Fsp3) is 0.571. The lowest BCUT2D eigenvalue weighted by atomic mass is 10.2. The predicted octanol–water partition coefficient (Wildman–Crippen LogP) is -0.0441. The third-order valence-corrected chi connectivity index (χ3v) is 4.69. The van der Waals surface area contributed by atoms with Crippen LogP contribution in [0.15, 0.2) is 17.6 Å². The average Bonchev–Trinajstić information content (AvgIpc) is 3.15. The molecule has 0 fully saturated rings. The van der Waals surface area contributed by atoms with Gasteiger partial charge in [-0.2, -0.15) is 5.10 Å². The van der Waals surface area contributed by atoms with Crippen molar-refractivity contribution in [2.45, 2.75) is 31.1 Å². The van der Waals surface area contributed by atoms with Crippen LogP contribution in [-0.4, -0.2) is 49.3 Å². The molecule has 2 aromatic heterocycles. The van der Waals surface area contributed by atoms with E-state index in [1.54, 1.807) is 18.1 Å². The van der Waals surface area contributed by atoms with Gasteiger partial charge in [0.15, 0.2) is 5.16 Å². The van der Waals surface area contributed by atoms with E-state index >= 15 is 0 Å². The Bertz CT molecular complexity index is 642. The number of hydrogen-bond acceptors (Lipinski definition) is 6. The van der Waals surface area contributed by atoms with E-state index in [4.69, 9.17) is 0 Å². The Balaban J connectivity index is 1.35. The van der Waals surface area contributed by atoms with Gasteiger partial charge < -0.3 is 15.2 Å². The van der Waals surface area contributed by atoms with E-state index in [-0.39, 0.29) is 5.91 Å². The van der Waals surface area contributed by atoms with E-state index in [0.29, 0.717) is 19.4 Å². The van der Waals surface area contributed by atoms with Gasteiger partial charge in [0, 0.05) is 45.3 Å². The number of nitrogens with zero attached hydrogens (tertiary/aromatic N) is 5. The number of nitrogens with one attached hydrogen (secondary N) is 2. The van der Waals surface area contributed by atoms with Crippen molar-refractivity contribution in [1.29, 1.82) is 0 Å². The van der Waals surface area contributed by atoms with Gasteiger partial charge in [0.25, 0.3) is 0 Å². The van der Waals surface area contributed by atoms with E-state index in [0.717, 1.165) is 36.2 Å². The van der Waals surface area contributed by atoms with Crippen molar-refractivity contribution in [1.82, 2.24) is 35.2 Å². The molecule has 2 aromatic rings. The van der Waals surface area contributed by atoms with Crippen molar-refractivity contribution in [2.75, 3.05) is 18.8 Å². The summed E-state index contributed by atoms with van der Waals surface area (Å²) in [5.41, 5.74) is 2.19. The molecule has 23 heavy (non-hydrogen) atoms. The molecule has 0 saturated heterocycles. The normalized spacial score (nSPS) is 13.8. The fourth-order valence-electron chi connectivity index (χ4n) is 2.44. The van der Waals surface area contributed by atoms with Gasteiger partial charge in [0.1, 0.15) is 6.33 Å².